The Morgan fingerprint density at radius 2 is 2.35 bits per heavy atom. The van der Waals surface area contributed by atoms with Gasteiger partial charge in [0.05, 0.1) is 12.5 Å². The monoisotopic (exact) mass is 358 g/mol. The standard InChI is InChI=1S/C14H22N4O3S2/c1-3-4-5-18-9-10(8-11(18)19)12(20)15-13-16-17-14(23-13)22-7-6-21-2/h10H,3-9H2,1-2H3,(H,15,16,20)/t10-/m1/s1. The number of carbonyl (C=O) groups excluding carboxylic acids is 2. The molecule has 2 heterocycles. The molecule has 7 nitrogen and oxygen atoms in total. The topological polar surface area (TPSA) is 84.4 Å². The maximum Gasteiger partial charge on any atom is 0.231 e. The van der Waals surface area contributed by atoms with Crippen LogP contribution in [-0.4, -0.2) is 59.5 Å². The Bertz CT molecular complexity index is 538. The van der Waals surface area contributed by atoms with E-state index in [-0.39, 0.29) is 24.2 Å². The summed E-state index contributed by atoms with van der Waals surface area (Å²) < 4.78 is 5.78. The SMILES string of the molecule is CCCCN1C[C@H](C(=O)Nc2nnc(SCCOC)s2)CC1=O. The number of anilines is 1. The molecule has 1 aromatic heterocycles. The summed E-state index contributed by atoms with van der Waals surface area (Å²) in [4.78, 5) is 26.0. The fraction of sp³-hybridized carbons (Fsp3) is 0.714. The number of unbranched alkanes of at least 4 members (excludes halogenated alkanes) is 1. The van der Waals surface area contributed by atoms with Crippen molar-refractivity contribution < 1.29 is 14.3 Å². The molecule has 1 atom stereocenters. The number of ether oxygens (including phenoxy) is 1. The van der Waals surface area contributed by atoms with Gasteiger partial charge in [-0.1, -0.05) is 36.4 Å². The number of amides is 2. The minimum atomic E-state index is -0.298. The van der Waals surface area contributed by atoms with Crippen molar-refractivity contribution in [2.24, 2.45) is 5.92 Å². The van der Waals surface area contributed by atoms with E-state index in [1.165, 1.54) is 11.3 Å². The van der Waals surface area contributed by atoms with Crippen molar-refractivity contribution in [1.82, 2.24) is 15.1 Å². The minimum Gasteiger partial charge on any atom is -0.384 e. The second kappa shape index (κ2) is 9.19. The molecule has 2 rings (SSSR count). The van der Waals surface area contributed by atoms with Crippen LogP contribution in [0.15, 0.2) is 4.34 Å². The quantitative estimate of drug-likeness (QED) is 0.412. The van der Waals surface area contributed by atoms with Crippen LogP contribution in [-0.2, 0) is 14.3 Å². The predicted octanol–water partition coefficient (Wildman–Crippen LogP) is 1.86. The molecule has 1 saturated heterocycles. The normalized spacial score (nSPS) is 17.7. The van der Waals surface area contributed by atoms with Gasteiger partial charge in [0.2, 0.25) is 16.9 Å². The Balaban J connectivity index is 1.81. The van der Waals surface area contributed by atoms with Crippen LogP contribution >= 0.6 is 23.1 Å². The Morgan fingerprint density at radius 3 is 3.09 bits per heavy atom. The third-order valence-corrected chi connectivity index (χ3v) is 5.45. The maximum atomic E-state index is 12.3. The molecule has 0 aliphatic carbocycles. The third-order valence-electron chi connectivity index (χ3n) is 3.52. The number of aromatic nitrogens is 2. The van der Waals surface area contributed by atoms with Crippen LogP contribution in [0, 0.1) is 5.92 Å². The maximum absolute atomic E-state index is 12.3. The smallest absolute Gasteiger partial charge is 0.231 e. The van der Waals surface area contributed by atoms with Crippen LogP contribution in [0.2, 0.25) is 0 Å². The largest absolute Gasteiger partial charge is 0.384 e. The van der Waals surface area contributed by atoms with E-state index in [0.717, 1.165) is 29.5 Å². The van der Waals surface area contributed by atoms with Gasteiger partial charge in [-0.2, -0.15) is 0 Å². The molecule has 0 radical (unpaired) electrons. The summed E-state index contributed by atoms with van der Waals surface area (Å²) in [5.74, 6) is 0.407. The number of hydrogen-bond donors (Lipinski definition) is 1. The van der Waals surface area contributed by atoms with E-state index in [9.17, 15) is 9.59 Å². The van der Waals surface area contributed by atoms with Crippen molar-refractivity contribution in [3.63, 3.8) is 0 Å². The number of carbonyl (C=O) groups is 2. The Labute approximate surface area is 144 Å². The number of likely N-dealkylation sites (tertiary alicyclic amines) is 1. The zero-order chi connectivity index (χ0) is 16.7. The fourth-order valence-corrected chi connectivity index (χ4v) is 3.98. The molecule has 0 unspecified atom stereocenters. The van der Waals surface area contributed by atoms with Gasteiger partial charge < -0.3 is 15.0 Å². The van der Waals surface area contributed by atoms with E-state index in [2.05, 4.69) is 22.4 Å². The van der Waals surface area contributed by atoms with Crippen LogP contribution < -0.4 is 5.32 Å². The number of nitrogens with one attached hydrogen (secondary N) is 1. The first-order chi connectivity index (χ1) is 11.1. The number of methoxy groups -OCH3 is 1. The van der Waals surface area contributed by atoms with Crippen molar-refractivity contribution >= 4 is 40.0 Å². The van der Waals surface area contributed by atoms with E-state index >= 15 is 0 Å². The summed E-state index contributed by atoms with van der Waals surface area (Å²) in [5, 5.41) is 11.2. The van der Waals surface area contributed by atoms with Crippen LogP contribution in [0.3, 0.4) is 0 Å². The highest BCUT2D eigenvalue weighted by Crippen LogP contribution is 2.26. The van der Waals surface area contributed by atoms with Gasteiger partial charge in [0, 0.05) is 32.4 Å². The van der Waals surface area contributed by atoms with Crippen molar-refractivity contribution in [3.8, 4) is 0 Å². The van der Waals surface area contributed by atoms with Gasteiger partial charge in [-0.05, 0) is 6.42 Å². The Hall–Kier alpha value is -1.19. The highest BCUT2D eigenvalue weighted by Gasteiger charge is 2.34. The summed E-state index contributed by atoms with van der Waals surface area (Å²) in [6.45, 7) is 3.96. The average molecular weight is 358 g/mol. The molecule has 1 aromatic rings. The molecule has 1 N–H and O–H groups in total. The van der Waals surface area contributed by atoms with Gasteiger partial charge >= 0.3 is 0 Å². The Kier molecular flexibility index (Phi) is 7.25. The summed E-state index contributed by atoms with van der Waals surface area (Å²) >= 11 is 2.88. The van der Waals surface area contributed by atoms with E-state index in [1.54, 1.807) is 23.8 Å². The van der Waals surface area contributed by atoms with Gasteiger partial charge in [0.1, 0.15) is 0 Å². The number of nitrogens with zero attached hydrogens (tertiary/aromatic N) is 3. The summed E-state index contributed by atoms with van der Waals surface area (Å²) in [7, 11) is 1.65. The summed E-state index contributed by atoms with van der Waals surface area (Å²) in [5.41, 5.74) is 0. The third kappa shape index (κ3) is 5.43. The highest BCUT2D eigenvalue weighted by atomic mass is 32.2. The lowest BCUT2D eigenvalue weighted by Gasteiger charge is -2.15. The molecule has 1 aliphatic rings. The van der Waals surface area contributed by atoms with Crippen molar-refractivity contribution in [1.29, 1.82) is 0 Å². The zero-order valence-electron chi connectivity index (χ0n) is 13.4. The molecule has 23 heavy (non-hydrogen) atoms. The lowest BCUT2D eigenvalue weighted by Crippen LogP contribution is -2.29. The first kappa shape index (κ1) is 18.2. The number of hydrogen-bond acceptors (Lipinski definition) is 7. The van der Waals surface area contributed by atoms with E-state index < -0.39 is 0 Å². The van der Waals surface area contributed by atoms with Crippen LogP contribution in [0.1, 0.15) is 26.2 Å². The molecule has 2 amide bonds. The van der Waals surface area contributed by atoms with Crippen LogP contribution in [0.5, 0.6) is 0 Å². The van der Waals surface area contributed by atoms with Crippen molar-refractivity contribution in [2.45, 2.75) is 30.5 Å². The minimum absolute atomic E-state index is 0.0617. The Morgan fingerprint density at radius 1 is 1.52 bits per heavy atom. The van der Waals surface area contributed by atoms with E-state index in [4.69, 9.17) is 4.74 Å². The molecular formula is C14H22N4O3S2. The zero-order valence-corrected chi connectivity index (χ0v) is 15.0. The van der Waals surface area contributed by atoms with Gasteiger partial charge in [0.15, 0.2) is 4.34 Å². The molecule has 0 aromatic carbocycles. The average Bonchev–Trinajstić information content (AvgIpc) is 3.12. The van der Waals surface area contributed by atoms with E-state index in [0.29, 0.717) is 18.3 Å². The first-order valence-electron chi connectivity index (χ1n) is 7.68. The second-order valence-corrected chi connectivity index (χ2v) is 7.62. The van der Waals surface area contributed by atoms with Gasteiger partial charge in [-0.15, -0.1) is 10.2 Å². The van der Waals surface area contributed by atoms with Crippen molar-refractivity contribution in [2.75, 3.05) is 37.9 Å². The molecule has 128 valence electrons. The van der Waals surface area contributed by atoms with Gasteiger partial charge in [0.25, 0.3) is 0 Å². The molecular weight excluding hydrogens is 336 g/mol. The molecule has 0 bridgehead atoms. The summed E-state index contributed by atoms with van der Waals surface area (Å²) in [6, 6.07) is 0. The molecule has 9 heteroatoms. The molecule has 1 aliphatic heterocycles. The second-order valence-electron chi connectivity index (χ2n) is 5.30. The van der Waals surface area contributed by atoms with E-state index in [1.807, 2.05) is 0 Å². The van der Waals surface area contributed by atoms with Gasteiger partial charge in [-0.3, -0.25) is 9.59 Å². The predicted molar refractivity (Wildman–Crippen MR) is 90.7 cm³/mol. The van der Waals surface area contributed by atoms with Crippen molar-refractivity contribution in [3.05, 3.63) is 0 Å². The van der Waals surface area contributed by atoms with Crippen LogP contribution in [0.25, 0.3) is 0 Å². The fourth-order valence-electron chi connectivity index (χ4n) is 2.25. The number of rotatable bonds is 9. The lowest BCUT2D eigenvalue weighted by atomic mass is 10.1. The summed E-state index contributed by atoms with van der Waals surface area (Å²) in [6.07, 6.45) is 2.29. The lowest BCUT2D eigenvalue weighted by molar-refractivity contribution is -0.128. The highest BCUT2D eigenvalue weighted by molar-refractivity contribution is 8.01. The first-order valence-corrected chi connectivity index (χ1v) is 9.48. The molecule has 0 spiro atoms. The van der Waals surface area contributed by atoms with Gasteiger partial charge in [-0.25, -0.2) is 0 Å². The van der Waals surface area contributed by atoms with Crippen LogP contribution in [0.4, 0.5) is 5.13 Å². The number of thioether (sulfide) groups is 1. The molecule has 0 saturated carbocycles. The molecule has 1 fully saturated rings.